The van der Waals surface area contributed by atoms with Crippen LogP contribution in [-0.4, -0.2) is 53.2 Å². The van der Waals surface area contributed by atoms with Crippen molar-refractivity contribution in [3.05, 3.63) is 33.9 Å². The number of hydrazine groups is 1. The van der Waals surface area contributed by atoms with Crippen LogP contribution in [0.2, 0.25) is 0 Å². The van der Waals surface area contributed by atoms with E-state index in [0.29, 0.717) is 18.8 Å². The van der Waals surface area contributed by atoms with Crippen molar-refractivity contribution in [2.45, 2.75) is 0 Å². The summed E-state index contributed by atoms with van der Waals surface area (Å²) >= 11 is 0. The van der Waals surface area contributed by atoms with E-state index in [1.54, 1.807) is 7.05 Å². The largest absolute Gasteiger partial charge is 0.342 e. The monoisotopic (exact) mass is 293 g/mol. The van der Waals surface area contributed by atoms with Crippen molar-refractivity contribution in [1.82, 2.24) is 9.80 Å². The van der Waals surface area contributed by atoms with E-state index in [2.05, 4.69) is 5.43 Å². The molecule has 21 heavy (non-hydrogen) atoms. The quantitative estimate of drug-likeness (QED) is 0.452. The van der Waals surface area contributed by atoms with Crippen LogP contribution in [0.1, 0.15) is 10.4 Å². The second-order valence-electron chi connectivity index (χ2n) is 4.68. The number of amides is 2. The normalized spacial score (nSPS) is 15.0. The zero-order chi connectivity index (χ0) is 15.6. The third-order valence-corrected chi connectivity index (χ3v) is 3.33. The lowest BCUT2D eigenvalue weighted by Crippen LogP contribution is -2.50. The average molecular weight is 293 g/mol. The van der Waals surface area contributed by atoms with E-state index >= 15 is 0 Å². The number of benzene rings is 1. The van der Waals surface area contributed by atoms with Gasteiger partial charge in [0.2, 0.25) is 5.91 Å². The second-order valence-corrected chi connectivity index (χ2v) is 4.68. The SMILES string of the molecule is CN1CCN(C(=O)c2cc(NN)ccc2[N+](=O)[O-])CC1=O. The summed E-state index contributed by atoms with van der Waals surface area (Å²) < 4.78 is 0. The Morgan fingerprint density at radius 2 is 2.14 bits per heavy atom. The van der Waals surface area contributed by atoms with Gasteiger partial charge < -0.3 is 15.2 Å². The van der Waals surface area contributed by atoms with E-state index in [-0.39, 0.29) is 23.7 Å². The number of nitro benzene ring substituents is 1. The number of rotatable bonds is 3. The zero-order valence-corrected chi connectivity index (χ0v) is 11.4. The summed E-state index contributed by atoms with van der Waals surface area (Å²) in [6, 6.07) is 3.92. The van der Waals surface area contributed by atoms with Crippen LogP contribution in [0.3, 0.4) is 0 Å². The predicted octanol–water partition coefficient (Wildman–Crippen LogP) is -0.205. The fourth-order valence-electron chi connectivity index (χ4n) is 2.06. The summed E-state index contributed by atoms with van der Waals surface area (Å²) in [5, 5.41) is 11.0. The number of piperazine rings is 1. The molecule has 9 heteroatoms. The molecule has 0 radical (unpaired) electrons. The van der Waals surface area contributed by atoms with Crippen LogP contribution >= 0.6 is 0 Å². The Morgan fingerprint density at radius 3 is 2.71 bits per heavy atom. The number of anilines is 1. The Kier molecular flexibility index (Phi) is 4.03. The van der Waals surface area contributed by atoms with Gasteiger partial charge in [0.1, 0.15) is 12.1 Å². The maximum atomic E-state index is 12.4. The third-order valence-electron chi connectivity index (χ3n) is 3.33. The van der Waals surface area contributed by atoms with Crippen molar-refractivity contribution < 1.29 is 14.5 Å². The van der Waals surface area contributed by atoms with E-state index in [9.17, 15) is 19.7 Å². The van der Waals surface area contributed by atoms with E-state index in [4.69, 9.17) is 5.84 Å². The smallest absolute Gasteiger partial charge is 0.282 e. The van der Waals surface area contributed by atoms with E-state index < -0.39 is 10.8 Å². The Bertz CT molecular complexity index is 603. The molecule has 1 fully saturated rings. The van der Waals surface area contributed by atoms with Gasteiger partial charge in [0.15, 0.2) is 0 Å². The molecule has 2 rings (SSSR count). The van der Waals surface area contributed by atoms with Gasteiger partial charge in [-0.05, 0) is 12.1 Å². The lowest BCUT2D eigenvalue weighted by molar-refractivity contribution is -0.385. The highest BCUT2D eigenvalue weighted by Crippen LogP contribution is 2.24. The van der Waals surface area contributed by atoms with Crippen molar-refractivity contribution >= 4 is 23.2 Å². The van der Waals surface area contributed by atoms with Gasteiger partial charge in [-0.2, -0.15) is 0 Å². The summed E-state index contributed by atoms with van der Waals surface area (Å²) in [6.45, 7) is 0.637. The maximum absolute atomic E-state index is 12.4. The standard InChI is InChI=1S/C12H15N5O4/c1-15-4-5-16(7-11(15)18)12(19)9-6-8(14-13)2-3-10(9)17(20)21/h2-3,6,14H,4-5,7,13H2,1H3. The van der Waals surface area contributed by atoms with Crippen LogP contribution in [-0.2, 0) is 4.79 Å². The van der Waals surface area contributed by atoms with Gasteiger partial charge in [-0.25, -0.2) is 0 Å². The number of nitrogens with zero attached hydrogens (tertiary/aromatic N) is 3. The highest BCUT2D eigenvalue weighted by Gasteiger charge is 2.30. The van der Waals surface area contributed by atoms with Crippen LogP contribution in [0.5, 0.6) is 0 Å². The first-order valence-electron chi connectivity index (χ1n) is 6.22. The fraction of sp³-hybridized carbons (Fsp3) is 0.333. The molecule has 1 heterocycles. The second kappa shape index (κ2) is 5.75. The number of nitrogen functional groups attached to an aromatic ring is 1. The molecule has 9 nitrogen and oxygen atoms in total. The molecule has 1 aromatic carbocycles. The molecule has 2 amide bonds. The van der Waals surface area contributed by atoms with E-state index in [0.717, 1.165) is 0 Å². The summed E-state index contributed by atoms with van der Waals surface area (Å²) in [7, 11) is 1.64. The minimum atomic E-state index is -0.634. The third kappa shape index (κ3) is 2.92. The molecular formula is C12H15N5O4. The van der Waals surface area contributed by atoms with Crippen molar-refractivity contribution in [3.63, 3.8) is 0 Å². The number of nitro groups is 1. The van der Waals surface area contributed by atoms with Crippen molar-refractivity contribution in [1.29, 1.82) is 0 Å². The molecular weight excluding hydrogens is 278 g/mol. The summed E-state index contributed by atoms with van der Waals surface area (Å²) in [4.78, 5) is 37.3. The van der Waals surface area contributed by atoms with Crippen LogP contribution in [0, 0.1) is 10.1 Å². The summed E-state index contributed by atoms with van der Waals surface area (Å²) in [5.41, 5.74) is 2.31. The Hall–Kier alpha value is -2.68. The molecule has 3 N–H and O–H groups in total. The Morgan fingerprint density at radius 1 is 1.43 bits per heavy atom. The van der Waals surface area contributed by atoms with Crippen molar-refractivity contribution in [3.8, 4) is 0 Å². The molecule has 0 aromatic heterocycles. The van der Waals surface area contributed by atoms with Crippen LogP contribution < -0.4 is 11.3 Å². The number of hydrogen-bond donors (Lipinski definition) is 2. The van der Waals surface area contributed by atoms with Crippen molar-refractivity contribution in [2.75, 3.05) is 32.1 Å². The fourth-order valence-corrected chi connectivity index (χ4v) is 2.06. The molecule has 1 aliphatic rings. The number of carbonyl (C=O) groups is 2. The van der Waals surface area contributed by atoms with Gasteiger partial charge in [-0.15, -0.1) is 0 Å². The molecule has 0 unspecified atom stereocenters. The topological polar surface area (TPSA) is 122 Å². The molecule has 1 aliphatic heterocycles. The summed E-state index contributed by atoms with van der Waals surface area (Å²) in [6.07, 6.45) is 0. The zero-order valence-electron chi connectivity index (χ0n) is 11.4. The number of carbonyl (C=O) groups excluding carboxylic acids is 2. The van der Waals surface area contributed by atoms with E-state index in [1.165, 1.54) is 28.0 Å². The van der Waals surface area contributed by atoms with Gasteiger partial charge in [0.05, 0.1) is 4.92 Å². The molecule has 0 spiro atoms. The maximum Gasteiger partial charge on any atom is 0.282 e. The number of hydrogen-bond acceptors (Lipinski definition) is 6. The first-order valence-corrected chi connectivity index (χ1v) is 6.22. The van der Waals surface area contributed by atoms with Crippen LogP contribution in [0.25, 0.3) is 0 Å². The lowest BCUT2D eigenvalue weighted by Gasteiger charge is -2.31. The van der Waals surface area contributed by atoms with Crippen LogP contribution in [0.4, 0.5) is 11.4 Å². The number of nitrogens with one attached hydrogen (secondary N) is 1. The lowest BCUT2D eigenvalue weighted by atomic mass is 10.1. The predicted molar refractivity (Wildman–Crippen MR) is 74.4 cm³/mol. The van der Waals surface area contributed by atoms with Crippen LogP contribution in [0.15, 0.2) is 18.2 Å². The molecule has 0 atom stereocenters. The molecule has 1 aromatic rings. The van der Waals surface area contributed by atoms with Crippen molar-refractivity contribution in [2.24, 2.45) is 5.84 Å². The minimum Gasteiger partial charge on any atom is -0.342 e. The highest BCUT2D eigenvalue weighted by atomic mass is 16.6. The number of nitrogens with two attached hydrogens (primary N) is 1. The first-order chi connectivity index (χ1) is 9.93. The highest BCUT2D eigenvalue weighted by molar-refractivity contribution is 6.01. The number of likely N-dealkylation sites (N-methyl/N-ethyl adjacent to an activating group) is 1. The van der Waals surface area contributed by atoms with Gasteiger partial charge in [-0.3, -0.25) is 25.5 Å². The molecule has 0 bridgehead atoms. The van der Waals surface area contributed by atoms with Gasteiger partial charge >= 0.3 is 0 Å². The molecule has 112 valence electrons. The first kappa shape index (κ1) is 14.7. The summed E-state index contributed by atoms with van der Waals surface area (Å²) in [5.74, 6) is 4.50. The van der Waals surface area contributed by atoms with Gasteiger partial charge in [0.25, 0.3) is 11.6 Å². The molecule has 0 saturated carbocycles. The average Bonchev–Trinajstić information content (AvgIpc) is 2.48. The Labute approximate surface area is 120 Å². The van der Waals surface area contributed by atoms with E-state index in [1.807, 2.05) is 0 Å². The molecule has 0 aliphatic carbocycles. The molecule has 1 saturated heterocycles. The Balaban J connectivity index is 2.33. The van der Waals surface area contributed by atoms with Gasteiger partial charge in [-0.1, -0.05) is 0 Å². The van der Waals surface area contributed by atoms with Gasteiger partial charge in [0, 0.05) is 31.9 Å². The minimum absolute atomic E-state index is 0.0900.